The molecule has 3 N–H and O–H groups in total. The van der Waals surface area contributed by atoms with Crippen LogP contribution in [0, 0.1) is 6.92 Å². The Bertz CT molecular complexity index is 533. The van der Waals surface area contributed by atoms with Gasteiger partial charge in [0.05, 0.1) is 12.6 Å². The summed E-state index contributed by atoms with van der Waals surface area (Å²) in [6, 6.07) is 1.48. The SMILES string of the molecule is Cc1oc(CN)cc1S(=O)(=O)NCCC1CCCCO1. The molecule has 0 bridgehead atoms. The van der Waals surface area contributed by atoms with Crippen LogP contribution in [0.4, 0.5) is 0 Å². The Labute approximate surface area is 119 Å². The molecule has 0 saturated carbocycles. The molecule has 0 amide bonds. The smallest absolute Gasteiger partial charge is 0.244 e. The molecular weight excluding hydrogens is 280 g/mol. The van der Waals surface area contributed by atoms with Crippen LogP contribution in [0.1, 0.15) is 37.2 Å². The molecule has 6 nitrogen and oxygen atoms in total. The van der Waals surface area contributed by atoms with Gasteiger partial charge in [0.1, 0.15) is 16.4 Å². The predicted octanol–water partition coefficient (Wildman–Crippen LogP) is 1.28. The lowest BCUT2D eigenvalue weighted by Crippen LogP contribution is -2.29. The van der Waals surface area contributed by atoms with Gasteiger partial charge in [-0.05, 0) is 32.6 Å². The number of hydrogen-bond acceptors (Lipinski definition) is 5. The number of ether oxygens (including phenoxy) is 1. The molecule has 7 heteroatoms. The van der Waals surface area contributed by atoms with Gasteiger partial charge in [-0.15, -0.1) is 0 Å². The molecule has 1 atom stereocenters. The molecule has 0 spiro atoms. The van der Waals surface area contributed by atoms with Crippen LogP contribution in [-0.4, -0.2) is 27.7 Å². The van der Waals surface area contributed by atoms with Crippen LogP contribution in [0.5, 0.6) is 0 Å². The van der Waals surface area contributed by atoms with Crippen LogP contribution in [0.2, 0.25) is 0 Å². The van der Waals surface area contributed by atoms with Crippen molar-refractivity contribution in [2.75, 3.05) is 13.2 Å². The van der Waals surface area contributed by atoms with Gasteiger partial charge >= 0.3 is 0 Å². The topological polar surface area (TPSA) is 94.6 Å². The van der Waals surface area contributed by atoms with Gasteiger partial charge in [-0.1, -0.05) is 0 Å². The Kier molecular flexibility index (Phi) is 5.20. The molecule has 2 rings (SSSR count). The Morgan fingerprint density at radius 2 is 2.25 bits per heavy atom. The largest absolute Gasteiger partial charge is 0.464 e. The van der Waals surface area contributed by atoms with E-state index in [-0.39, 0.29) is 17.5 Å². The second kappa shape index (κ2) is 6.71. The number of furan rings is 1. The van der Waals surface area contributed by atoms with Crippen LogP contribution in [0.3, 0.4) is 0 Å². The van der Waals surface area contributed by atoms with Crippen molar-refractivity contribution in [2.45, 2.75) is 50.2 Å². The zero-order valence-electron chi connectivity index (χ0n) is 11.7. The van der Waals surface area contributed by atoms with Gasteiger partial charge in [-0.2, -0.15) is 0 Å². The molecule has 1 aromatic rings. The highest BCUT2D eigenvalue weighted by Crippen LogP contribution is 2.20. The van der Waals surface area contributed by atoms with E-state index in [2.05, 4.69) is 4.72 Å². The maximum absolute atomic E-state index is 12.2. The van der Waals surface area contributed by atoms with E-state index in [1.165, 1.54) is 6.07 Å². The van der Waals surface area contributed by atoms with Gasteiger partial charge in [0.15, 0.2) is 0 Å². The Morgan fingerprint density at radius 3 is 2.85 bits per heavy atom. The minimum absolute atomic E-state index is 0.163. The summed E-state index contributed by atoms with van der Waals surface area (Å²) in [6.07, 6.45) is 4.11. The van der Waals surface area contributed by atoms with Crippen molar-refractivity contribution in [3.05, 3.63) is 17.6 Å². The first-order chi connectivity index (χ1) is 9.53. The maximum Gasteiger partial charge on any atom is 0.244 e. The molecule has 0 aromatic carbocycles. The van der Waals surface area contributed by atoms with Crippen molar-refractivity contribution in [3.8, 4) is 0 Å². The van der Waals surface area contributed by atoms with Crippen LogP contribution < -0.4 is 10.5 Å². The van der Waals surface area contributed by atoms with Crippen LogP contribution in [0.15, 0.2) is 15.4 Å². The third-order valence-corrected chi connectivity index (χ3v) is 5.01. The lowest BCUT2D eigenvalue weighted by atomic mass is 10.1. The average molecular weight is 302 g/mol. The highest BCUT2D eigenvalue weighted by Gasteiger charge is 2.21. The van der Waals surface area contributed by atoms with Gasteiger partial charge in [0, 0.05) is 19.2 Å². The molecule has 20 heavy (non-hydrogen) atoms. The number of sulfonamides is 1. The Hall–Kier alpha value is -0.890. The lowest BCUT2D eigenvalue weighted by molar-refractivity contribution is 0.0123. The minimum Gasteiger partial charge on any atom is -0.464 e. The molecule has 1 aliphatic rings. The molecule has 1 aliphatic heterocycles. The first kappa shape index (κ1) is 15.5. The number of nitrogens with one attached hydrogen (secondary N) is 1. The third-order valence-electron chi connectivity index (χ3n) is 3.45. The van der Waals surface area contributed by atoms with Gasteiger partial charge in [0.25, 0.3) is 0 Å². The number of rotatable bonds is 6. The van der Waals surface area contributed by atoms with Crippen molar-refractivity contribution in [3.63, 3.8) is 0 Å². The average Bonchev–Trinajstić information content (AvgIpc) is 2.82. The van der Waals surface area contributed by atoms with Crippen molar-refractivity contribution in [2.24, 2.45) is 5.73 Å². The Balaban J connectivity index is 1.91. The lowest BCUT2D eigenvalue weighted by Gasteiger charge is -2.22. The van der Waals surface area contributed by atoms with E-state index in [0.29, 0.717) is 24.5 Å². The van der Waals surface area contributed by atoms with E-state index in [1.54, 1.807) is 6.92 Å². The van der Waals surface area contributed by atoms with E-state index in [1.807, 2.05) is 0 Å². The first-order valence-corrected chi connectivity index (χ1v) is 8.42. The second-order valence-electron chi connectivity index (χ2n) is 5.01. The monoisotopic (exact) mass is 302 g/mol. The van der Waals surface area contributed by atoms with Gasteiger partial charge in [0.2, 0.25) is 10.0 Å². The van der Waals surface area contributed by atoms with Crippen molar-refractivity contribution >= 4 is 10.0 Å². The maximum atomic E-state index is 12.2. The molecule has 1 fully saturated rings. The third kappa shape index (κ3) is 3.82. The fraction of sp³-hybridized carbons (Fsp3) is 0.692. The molecule has 0 aliphatic carbocycles. The van der Waals surface area contributed by atoms with Crippen molar-refractivity contribution < 1.29 is 17.6 Å². The second-order valence-corrected chi connectivity index (χ2v) is 6.75. The molecule has 1 saturated heterocycles. The predicted molar refractivity (Wildman–Crippen MR) is 74.7 cm³/mol. The van der Waals surface area contributed by atoms with E-state index >= 15 is 0 Å². The van der Waals surface area contributed by atoms with E-state index in [0.717, 1.165) is 25.9 Å². The first-order valence-electron chi connectivity index (χ1n) is 6.93. The summed E-state index contributed by atoms with van der Waals surface area (Å²) in [5, 5.41) is 0. The summed E-state index contributed by atoms with van der Waals surface area (Å²) in [6.45, 7) is 2.96. The standard InChI is InChI=1S/C13H22N2O4S/c1-10-13(8-12(9-14)19-10)20(16,17)15-6-5-11-4-2-3-7-18-11/h8,11,15H,2-7,9,14H2,1H3. The fourth-order valence-corrected chi connectivity index (χ4v) is 3.61. The van der Waals surface area contributed by atoms with Crippen LogP contribution in [-0.2, 0) is 21.3 Å². The van der Waals surface area contributed by atoms with Crippen molar-refractivity contribution in [1.82, 2.24) is 4.72 Å². The van der Waals surface area contributed by atoms with E-state index < -0.39 is 10.0 Å². The van der Waals surface area contributed by atoms with Gasteiger partial charge in [-0.25, -0.2) is 13.1 Å². The minimum atomic E-state index is -3.54. The molecule has 0 radical (unpaired) electrons. The molecule has 1 unspecified atom stereocenters. The normalized spacial score (nSPS) is 20.2. The molecule has 114 valence electrons. The van der Waals surface area contributed by atoms with Gasteiger partial charge < -0.3 is 14.9 Å². The summed E-state index contributed by atoms with van der Waals surface area (Å²) in [5.41, 5.74) is 5.45. The van der Waals surface area contributed by atoms with Crippen molar-refractivity contribution in [1.29, 1.82) is 0 Å². The highest BCUT2D eigenvalue weighted by atomic mass is 32.2. The number of hydrogen-bond donors (Lipinski definition) is 2. The fourth-order valence-electron chi connectivity index (χ4n) is 2.36. The summed E-state index contributed by atoms with van der Waals surface area (Å²) < 4.78 is 37.8. The molecular formula is C13H22N2O4S. The van der Waals surface area contributed by atoms with E-state index in [9.17, 15) is 8.42 Å². The van der Waals surface area contributed by atoms with Gasteiger partial charge in [-0.3, -0.25) is 0 Å². The van der Waals surface area contributed by atoms with Crippen LogP contribution in [0.25, 0.3) is 0 Å². The van der Waals surface area contributed by atoms with E-state index in [4.69, 9.17) is 14.9 Å². The summed E-state index contributed by atoms with van der Waals surface area (Å²) in [7, 11) is -3.54. The summed E-state index contributed by atoms with van der Waals surface area (Å²) in [5.74, 6) is 0.838. The molecule has 2 heterocycles. The summed E-state index contributed by atoms with van der Waals surface area (Å²) >= 11 is 0. The zero-order chi connectivity index (χ0) is 14.6. The zero-order valence-corrected chi connectivity index (χ0v) is 12.5. The summed E-state index contributed by atoms with van der Waals surface area (Å²) in [4.78, 5) is 0.169. The Morgan fingerprint density at radius 1 is 1.45 bits per heavy atom. The number of nitrogens with two attached hydrogens (primary N) is 1. The van der Waals surface area contributed by atoms with Crippen LogP contribution >= 0.6 is 0 Å². The quantitative estimate of drug-likeness (QED) is 0.825. The molecule has 1 aromatic heterocycles. The number of aryl methyl sites for hydroxylation is 1. The highest BCUT2D eigenvalue weighted by molar-refractivity contribution is 7.89.